The van der Waals surface area contributed by atoms with E-state index in [2.05, 4.69) is 22.2 Å². The predicted octanol–water partition coefficient (Wildman–Crippen LogP) is 0.167. The van der Waals surface area contributed by atoms with Gasteiger partial charge in [0.15, 0.2) is 0 Å². The van der Waals surface area contributed by atoms with Gasteiger partial charge in [0.2, 0.25) is 5.96 Å². The van der Waals surface area contributed by atoms with Crippen LogP contribution in [0.4, 0.5) is 0 Å². The molecule has 4 heteroatoms. The number of hydrogen-bond donors (Lipinski definition) is 2. The molecule has 1 saturated heterocycles. The summed E-state index contributed by atoms with van der Waals surface area (Å²) in [4.78, 5) is 6.27. The first-order valence-corrected chi connectivity index (χ1v) is 4.50. The highest BCUT2D eigenvalue weighted by atomic mass is 15.4. The monoisotopic (exact) mass is 170 g/mol. The molecule has 3 N–H and O–H groups in total. The Kier molecular flexibility index (Phi) is 3.34. The molecule has 12 heavy (non-hydrogen) atoms. The van der Waals surface area contributed by atoms with Crippen molar-refractivity contribution in [2.75, 3.05) is 20.1 Å². The van der Waals surface area contributed by atoms with Crippen LogP contribution in [-0.4, -0.2) is 31.0 Å². The van der Waals surface area contributed by atoms with Crippen molar-refractivity contribution in [3.63, 3.8) is 0 Å². The molecular weight excluding hydrogens is 152 g/mol. The van der Waals surface area contributed by atoms with E-state index >= 15 is 0 Å². The Morgan fingerprint density at radius 1 is 1.75 bits per heavy atom. The van der Waals surface area contributed by atoms with Gasteiger partial charge >= 0.3 is 0 Å². The van der Waals surface area contributed by atoms with Crippen LogP contribution in [0.1, 0.15) is 19.8 Å². The van der Waals surface area contributed by atoms with E-state index in [1.807, 2.05) is 0 Å². The molecule has 0 aromatic heterocycles. The van der Waals surface area contributed by atoms with Crippen LogP contribution < -0.4 is 11.3 Å². The number of nitrogens with one attached hydrogen (secondary N) is 1. The van der Waals surface area contributed by atoms with E-state index in [1.54, 1.807) is 7.05 Å². The Morgan fingerprint density at radius 3 is 2.92 bits per heavy atom. The minimum Gasteiger partial charge on any atom is -0.342 e. The molecule has 0 spiro atoms. The Labute approximate surface area is 73.8 Å². The fourth-order valence-electron chi connectivity index (χ4n) is 1.66. The Hall–Kier alpha value is -0.770. The lowest BCUT2D eigenvalue weighted by atomic mass is 10.1. The molecule has 1 rings (SSSR count). The number of guanidine groups is 1. The first-order valence-electron chi connectivity index (χ1n) is 4.50. The summed E-state index contributed by atoms with van der Waals surface area (Å²) in [5, 5.41) is 0. The summed E-state index contributed by atoms with van der Waals surface area (Å²) in [6.07, 6.45) is 2.51. The molecule has 0 radical (unpaired) electrons. The van der Waals surface area contributed by atoms with Gasteiger partial charge in [-0.05, 0) is 12.3 Å². The van der Waals surface area contributed by atoms with Crippen LogP contribution >= 0.6 is 0 Å². The Balaban J connectivity index is 2.45. The maximum Gasteiger partial charge on any atom is 0.208 e. The first-order chi connectivity index (χ1) is 5.81. The number of likely N-dealkylation sites (tertiary alicyclic amines) is 1. The zero-order valence-corrected chi connectivity index (χ0v) is 7.88. The second-order valence-corrected chi connectivity index (χ2v) is 3.20. The summed E-state index contributed by atoms with van der Waals surface area (Å²) in [5.74, 6) is 6.95. The Morgan fingerprint density at radius 2 is 2.50 bits per heavy atom. The standard InChI is InChI=1S/C8H18N4/c1-3-7-4-5-12(6-7)8(10-2)11-9/h7H,3-6,9H2,1-2H3,(H,10,11). The van der Waals surface area contributed by atoms with Crippen molar-refractivity contribution in [1.82, 2.24) is 10.3 Å². The van der Waals surface area contributed by atoms with Gasteiger partial charge in [-0.2, -0.15) is 0 Å². The van der Waals surface area contributed by atoms with Crippen molar-refractivity contribution >= 4 is 5.96 Å². The van der Waals surface area contributed by atoms with Crippen molar-refractivity contribution in [3.05, 3.63) is 0 Å². The number of nitrogens with two attached hydrogens (primary N) is 1. The molecule has 4 nitrogen and oxygen atoms in total. The topological polar surface area (TPSA) is 53.6 Å². The van der Waals surface area contributed by atoms with Gasteiger partial charge < -0.3 is 4.90 Å². The smallest absolute Gasteiger partial charge is 0.208 e. The molecule has 1 unspecified atom stereocenters. The largest absolute Gasteiger partial charge is 0.342 e. The molecule has 0 aromatic carbocycles. The van der Waals surface area contributed by atoms with Gasteiger partial charge in [0, 0.05) is 20.1 Å². The van der Waals surface area contributed by atoms with Crippen LogP contribution in [0.3, 0.4) is 0 Å². The molecular formula is C8H18N4. The van der Waals surface area contributed by atoms with E-state index in [-0.39, 0.29) is 0 Å². The molecule has 1 atom stereocenters. The van der Waals surface area contributed by atoms with Gasteiger partial charge in [0.1, 0.15) is 0 Å². The summed E-state index contributed by atoms with van der Waals surface area (Å²) in [5.41, 5.74) is 2.61. The third-order valence-electron chi connectivity index (χ3n) is 2.50. The number of hydrazine groups is 1. The van der Waals surface area contributed by atoms with E-state index in [1.165, 1.54) is 12.8 Å². The number of rotatable bonds is 1. The van der Waals surface area contributed by atoms with E-state index < -0.39 is 0 Å². The third kappa shape index (κ3) is 1.88. The van der Waals surface area contributed by atoms with Gasteiger partial charge in [-0.25, -0.2) is 5.84 Å². The highest BCUT2D eigenvalue weighted by molar-refractivity contribution is 5.79. The van der Waals surface area contributed by atoms with E-state index in [0.29, 0.717) is 0 Å². The van der Waals surface area contributed by atoms with Gasteiger partial charge in [-0.3, -0.25) is 10.4 Å². The van der Waals surface area contributed by atoms with Gasteiger partial charge in [-0.15, -0.1) is 0 Å². The molecule has 0 saturated carbocycles. The van der Waals surface area contributed by atoms with Crippen molar-refractivity contribution in [3.8, 4) is 0 Å². The molecule has 1 fully saturated rings. The molecule has 1 aliphatic rings. The number of aliphatic imine (C=N–C) groups is 1. The number of hydrogen-bond acceptors (Lipinski definition) is 2. The Bertz CT molecular complexity index is 166. The third-order valence-corrected chi connectivity index (χ3v) is 2.50. The van der Waals surface area contributed by atoms with Crippen LogP contribution in [0.2, 0.25) is 0 Å². The highest BCUT2D eigenvalue weighted by Crippen LogP contribution is 2.18. The van der Waals surface area contributed by atoms with E-state index in [4.69, 9.17) is 5.84 Å². The fraction of sp³-hybridized carbons (Fsp3) is 0.875. The average molecular weight is 170 g/mol. The molecule has 0 aromatic rings. The van der Waals surface area contributed by atoms with Crippen molar-refractivity contribution in [2.24, 2.45) is 16.8 Å². The summed E-state index contributed by atoms with van der Waals surface area (Å²) < 4.78 is 0. The van der Waals surface area contributed by atoms with Crippen LogP contribution in [0.25, 0.3) is 0 Å². The lowest BCUT2D eigenvalue weighted by Crippen LogP contribution is -2.43. The minimum atomic E-state index is 0.811. The van der Waals surface area contributed by atoms with Crippen LogP contribution in [-0.2, 0) is 0 Å². The van der Waals surface area contributed by atoms with E-state index in [9.17, 15) is 0 Å². The van der Waals surface area contributed by atoms with Gasteiger partial charge in [-0.1, -0.05) is 13.3 Å². The summed E-state index contributed by atoms with van der Waals surface area (Å²) >= 11 is 0. The minimum absolute atomic E-state index is 0.811. The lowest BCUT2D eigenvalue weighted by molar-refractivity contribution is 0.457. The van der Waals surface area contributed by atoms with Crippen LogP contribution in [0.5, 0.6) is 0 Å². The zero-order chi connectivity index (χ0) is 8.97. The average Bonchev–Trinajstić information content (AvgIpc) is 2.55. The highest BCUT2D eigenvalue weighted by Gasteiger charge is 2.22. The molecule has 0 aliphatic carbocycles. The quantitative estimate of drug-likeness (QED) is 0.255. The van der Waals surface area contributed by atoms with Gasteiger partial charge in [0.25, 0.3) is 0 Å². The van der Waals surface area contributed by atoms with Crippen LogP contribution in [0, 0.1) is 5.92 Å². The molecule has 1 heterocycles. The number of nitrogens with zero attached hydrogens (tertiary/aromatic N) is 2. The SMILES string of the molecule is CCC1CCN(C(=NC)NN)C1. The molecule has 1 aliphatic heterocycles. The summed E-state index contributed by atoms with van der Waals surface area (Å²) in [6, 6.07) is 0. The summed E-state index contributed by atoms with van der Waals surface area (Å²) in [6.45, 7) is 4.40. The van der Waals surface area contributed by atoms with Crippen LogP contribution in [0.15, 0.2) is 4.99 Å². The second kappa shape index (κ2) is 4.30. The normalized spacial score (nSPS) is 24.8. The van der Waals surface area contributed by atoms with Crippen molar-refractivity contribution in [2.45, 2.75) is 19.8 Å². The predicted molar refractivity (Wildman–Crippen MR) is 50.7 cm³/mol. The maximum atomic E-state index is 5.33. The molecule has 0 amide bonds. The van der Waals surface area contributed by atoms with Crippen molar-refractivity contribution < 1.29 is 0 Å². The lowest BCUT2D eigenvalue weighted by Gasteiger charge is -2.19. The second-order valence-electron chi connectivity index (χ2n) is 3.20. The fourth-order valence-corrected chi connectivity index (χ4v) is 1.66. The zero-order valence-electron chi connectivity index (χ0n) is 7.88. The molecule has 70 valence electrons. The first kappa shape index (κ1) is 9.32. The molecule has 0 bridgehead atoms. The maximum absolute atomic E-state index is 5.33. The van der Waals surface area contributed by atoms with Gasteiger partial charge in [0.05, 0.1) is 0 Å². The summed E-state index contributed by atoms with van der Waals surface area (Å²) in [7, 11) is 1.76. The van der Waals surface area contributed by atoms with E-state index in [0.717, 1.165) is 25.0 Å². The van der Waals surface area contributed by atoms with Crippen molar-refractivity contribution in [1.29, 1.82) is 0 Å².